The maximum Gasteiger partial charge on any atom is 0.257 e. The second-order valence-corrected chi connectivity index (χ2v) is 6.73. The lowest BCUT2D eigenvalue weighted by Gasteiger charge is -2.16. The van der Waals surface area contributed by atoms with Crippen LogP contribution >= 0.6 is 0 Å². The first kappa shape index (κ1) is 18.6. The number of anilines is 1. The minimum atomic E-state index is -0.0604. The van der Waals surface area contributed by atoms with Crippen molar-refractivity contribution in [3.63, 3.8) is 0 Å². The third-order valence-corrected chi connectivity index (χ3v) is 4.37. The number of hydrogen-bond donors (Lipinski definition) is 0. The molecule has 0 bridgehead atoms. The van der Waals surface area contributed by atoms with Crippen molar-refractivity contribution in [3.05, 3.63) is 81.5 Å². The first-order valence-electron chi connectivity index (χ1n) is 8.81. The SMILES string of the molecule is Cc1c(OCc2ccccc2)cc(C)n(Cc2cnc(N(C)C)nc2)c1=O. The van der Waals surface area contributed by atoms with Gasteiger partial charge in [0.2, 0.25) is 5.95 Å². The molecule has 140 valence electrons. The molecule has 2 heterocycles. The van der Waals surface area contributed by atoms with Gasteiger partial charge in [-0.1, -0.05) is 30.3 Å². The van der Waals surface area contributed by atoms with Gasteiger partial charge in [-0.2, -0.15) is 0 Å². The molecular formula is C21H24N4O2. The molecule has 0 saturated heterocycles. The summed E-state index contributed by atoms with van der Waals surface area (Å²) in [7, 11) is 3.78. The smallest absolute Gasteiger partial charge is 0.257 e. The van der Waals surface area contributed by atoms with Crippen LogP contribution in [0.25, 0.3) is 0 Å². The predicted octanol–water partition coefficient (Wildman–Crippen LogP) is 2.95. The van der Waals surface area contributed by atoms with Gasteiger partial charge in [0.15, 0.2) is 0 Å². The number of aromatic nitrogens is 3. The number of rotatable bonds is 6. The molecule has 27 heavy (non-hydrogen) atoms. The second kappa shape index (κ2) is 8.03. The largest absolute Gasteiger partial charge is 0.488 e. The normalized spacial score (nSPS) is 10.7. The van der Waals surface area contributed by atoms with Crippen LogP contribution in [0.5, 0.6) is 5.75 Å². The topological polar surface area (TPSA) is 60.2 Å². The molecule has 6 heteroatoms. The van der Waals surface area contributed by atoms with Crippen molar-refractivity contribution >= 4 is 5.95 Å². The first-order chi connectivity index (χ1) is 13.0. The van der Waals surface area contributed by atoms with Crippen LogP contribution in [-0.2, 0) is 13.2 Å². The summed E-state index contributed by atoms with van der Waals surface area (Å²) in [6.07, 6.45) is 3.51. The van der Waals surface area contributed by atoms with E-state index >= 15 is 0 Å². The average Bonchev–Trinajstić information content (AvgIpc) is 2.68. The summed E-state index contributed by atoms with van der Waals surface area (Å²) in [6.45, 7) is 4.57. The van der Waals surface area contributed by atoms with E-state index in [0.717, 1.165) is 16.8 Å². The summed E-state index contributed by atoms with van der Waals surface area (Å²) in [6, 6.07) is 11.8. The van der Waals surface area contributed by atoms with Crippen molar-refractivity contribution in [2.45, 2.75) is 27.0 Å². The van der Waals surface area contributed by atoms with Crippen LogP contribution in [0.3, 0.4) is 0 Å². The Morgan fingerprint density at radius 3 is 2.33 bits per heavy atom. The van der Waals surface area contributed by atoms with E-state index in [0.29, 0.717) is 30.4 Å². The lowest BCUT2D eigenvalue weighted by molar-refractivity contribution is 0.302. The Kier molecular flexibility index (Phi) is 5.54. The quantitative estimate of drug-likeness (QED) is 0.673. The van der Waals surface area contributed by atoms with E-state index in [4.69, 9.17) is 4.74 Å². The molecule has 0 N–H and O–H groups in total. The van der Waals surface area contributed by atoms with Gasteiger partial charge in [0.05, 0.1) is 12.1 Å². The van der Waals surface area contributed by atoms with Gasteiger partial charge in [-0.05, 0) is 25.5 Å². The third-order valence-electron chi connectivity index (χ3n) is 4.37. The van der Waals surface area contributed by atoms with Crippen LogP contribution in [0, 0.1) is 13.8 Å². The van der Waals surface area contributed by atoms with Gasteiger partial charge >= 0.3 is 0 Å². The van der Waals surface area contributed by atoms with Crippen LogP contribution in [-0.4, -0.2) is 28.6 Å². The number of pyridine rings is 1. The lowest BCUT2D eigenvalue weighted by atomic mass is 10.2. The zero-order valence-corrected chi connectivity index (χ0v) is 16.1. The predicted molar refractivity (Wildman–Crippen MR) is 106 cm³/mol. The van der Waals surface area contributed by atoms with E-state index in [-0.39, 0.29) is 5.56 Å². The van der Waals surface area contributed by atoms with E-state index in [9.17, 15) is 4.79 Å². The zero-order chi connectivity index (χ0) is 19.4. The molecule has 0 unspecified atom stereocenters. The highest BCUT2D eigenvalue weighted by Gasteiger charge is 2.12. The van der Waals surface area contributed by atoms with Crippen molar-refractivity contribution in [2.75, 3.05) is 19.0 Å². The molecule has 1 aromatic carbocycles. The molecule has 0 saturated carbocycles. The van der Waals surface area contributed by atoms with E-state index < -0.39 is 0 Å². The number of aryl methyl sites for hydroxylation is 1. The number of hydrogen-bond acceptors (Lipinski definition) is 5. The fourth-order valence-corrected chi connectivity index (χ4v) is 2.77. The molecule has 0 aliphatic rings. The Labute approximate surface area is 159 Å². The zero-order valence-electron chi connectivity index (χ0n) is 16.1. The Balaban J connectivity index is 1.81. The molecule has 0 radical (unpaired) electrons. The summed E-state index contributed by atoms with van der Waals surface area (Å²) in [4.78, 5) is 23.3. The molecule has 0 amide bonds. The maximum atomic E-state index is 12.8. The molecule has 2 aromatic heterocycles. The van der Waals surface area contributed by atoms with Crippen LogP contribution in [0.2, 0.25) is 0 Å². The molecular weight excluding hydrogens is 340 g/mol. The molecule has 3 aromatic rings. The van der Waals surface area contributed by atoms with Gasteiger partial charge in [0.1, 0.15) is 12.4 Å². The monoisotopic (exact) mass is 364 g/mol. The van der Waals surface area contributed by atoms with E-state index in [1.165, 1.54) is 0 Å². The molecule has 6 nitrogen and oxygen atoms in total. The highest BCUT2D eigenvalue weighted by molar-refractivity contribution is 5.34. The van der Waals surface area contributed by atoms with Gasteiger partial charge in [0.25, 0.3) is 5.56 Å². The number of nitrogens with zero attached hydrogens (tertiary/aromatic N) is 4. The second-order valence-electron chi connectivity index (χ2n) is 6.73. The van der Waals surface area contributed by atoms with Crippen LogP contribution in [0.1, 0.15) is 22.4 Å². The Bertz CT molecular complexity index is 964. The fraction of sp³-hybridized carbons (Fsp3) is 0.286. The molecule has 0 atom stereocenters. The Hall–Kier alpha value is -3.15. The minimum Gasteiger partial charge on any atom is -0.488 e. The first-order valence-corrected chi connectivity index (χ1v) is 8.81. The minimum absolute atomic E-state index is 0.0604. The number of benzene rings is 1. The summed E-state index contributed by atoms with van der Waals surface area (Å²) >= 11 is 0. The van der Waals surface area contributed by atoms with Crippen molar-refractivity contribution in [3.8, 4) is 5.75 Å². The molecule has 0 aliphatic carbocycles. The summed E-state index contributed by atoms with van der Waals surface area (Å²) in [5, 5.41) is 0. The fourth-order valence-electron chi connectivity index (χ4n) is 2.77. The highest BCUT2D eigenvalue weighted by Crippen LogP contribution is 2.18. The van der Waals surface area contributed by atoms with E-state index in [2.05, 4.69) is 9.97 Å². The van der Waals surface area contributed by atoms with Gasteiger partial charge < -0.3 is 14.2 Å². The summed E-state index contributed by atoms with van der Waals surface area (Å²) in [5.41, 5.74) is 3.32. The van der Waals surface area contributed by atoms with E-state index in [1.807, 2.05) is 62.3 Å². The Morgan fingerprint density at radius 2 is 1.70 bits per heavy atom. The van der Waals surface area contributed by atoms with Gasteiger partial charge in [-0.15, -0.1) is 0 Å². The van der Waals surface area contributed by atoms with Crippen molar-refractivity contribution in [1.29, 1.82) is 0 Å². The molecule has 0 fully saturated rings. The van der Waals surface area contributed by atoms with Crippen molar-refractivity contribution < 1.29 is 4.74 Å². The summed E-state index contributed by atoms with van der Waals surface area (Å²) < 4.78 is 7.61. The number of ether oxygens (including phenoxy) is 1. The van der Waals surface area contributed by atoms with Gasteiger partial charge in [-0.3, -0.25) is 4.79 Å². The van der Waals surface area contributed by atoms with Gasteiger partial charge in [-0.25, -0.2) is 9.97 Å². The molecule has 0 aliphatic heterocycles. The van der Waals surface area contributed by atoms with Gasteiger partial charge in [0, 0.05) is 37.7 Å². The Morgan fingerprint density at radius 1 is 1.04 bits per heavy atom. The van der Waals surface area contributed by atoms with Crippen LogP contribution < -0.4 is 15.2 Å². The average molecular weight is 364 g/mol. The van der Waals surface area contributed by atoms with Crippen molar-refractivity contribution in [1.82, 2.24) is 14.5 Å². The van der Waals surface area contributed by atoms with Crippen molar-refractivity contribution in [2.24, 2.45) is 0 Å². The van der Waals surface area contributed by atoms with E-state index in [1.54, 1.807) is 23.9 Å². The molecule has 0 spiro atoms. The summed E-state index contributed by atoms with van der Waals surface area (Å²) in [5.74, 6) is 1.26. The maximum absolute atomic E-state index is 12.8. The molecule has 3 rings (SSSR count). The third kappa shape index (κ3) is 4.34. The standard InChI is InChI=1S/C21H24N4O2/c1-15-10-19(27-14-17-8-6-5-7-9-17)16(2)20(26)25(15)13-18-11-22-21(23-12-18)24(3)4/h5-12H,13-14H2,1-4H3. The lowest BCUT2D eigenvalue weighted by Crippen LogP contribution is -2.25. The van der Waals surface area contributed by atoms with Crippen LogP contribution in [0.15, 0.2) is 53.6 Å². The van der Waals surface area contributed by atoms with Crippen LogP contribution in [0.4, 0.5) is 5.95 Å². The highest BCUT2D eigenvalue weighted by atomic mass is 16.5.